The number of hydrogen-bond donors (Lipinski definition) is 2. The Morgan fingerprint density at radius 1 is 1.16 bits per heavy atom. The maximum atomic E-state index is 12.6. The zero-order chi connectivity index (χ0) is 17.9. The SMILES string of the molecule is CC1(CCc2ccccc2)NC(=O)N(NC(=O)c2ccncc2)C1=O. The van der Waals surface area contributed by atoms with E-state index in [2.05, 4.69) is 15.7 Å². The van der Waals surface area contributed by atoms with Crippen molar-refractivity contribution >= 4 is 17.8 Å². The van der Waals surface area contributed by atoms with E-state index in [4.69, 9.17) is 0 Å². The van der Waals surface area contributed by atoms with E-state index in [1.807, 2.05) is 30.3 Å². The molecule has 1 saturated heterocycles. The van der Waals surface area contributed by atoms with Crippen LogP contribution in [0, 0.1) is 0 Å². The Balaban J connectivity index is 1.68. The van der Waals surface area contributed by atoms with Gasteiger partial charge in [-0.15, -0.1) is 0 Å². The van der Waals surface area contributed by atoms with Gasteiger partial charge in [-0.25, -0.2) is 4.79 Å². The molecule has 0 saturated carbocycles. The van der Waals surface area contributed by atoms with Crippen molar-refractivity contribution in [1.82, 2.24) is 20.7 Å². The molecule has 7 nitrogen and oxygen atoms in total. The zero-order valence-corrected chi connectivity index (χ0v) is 13.7. The molecule has 2 aromatic rings. The number of hydrogen-bond acceptors (Lipinski definition) is 4. The van der Waals surface area contributed by atoms with Gasteiger partial charge in [-0.05, 0) is 37.5 Å². The maximum absolute atomic E-state index is 12.6. The van der Waals surface area contributed by atoms with Gasteiger partial charge in [0.05, 0.1) is 0 Å². The highest BCUT2D eigenvalue weighted by Gasteiger charge is 2.48. The molecule has 0 spiro atoms. The Morgan fingerprint density at radius 3 is 2.52 bits per heavy atom. The molecular formula is C18H18N4O3. The number of carbonyl (C=O) groups excluding carboxylic acids is 3. The Hall–Kier alpha value is -3.22. The van der Waals surface area contributed by atoms with Crippen LogP contribution in [0.2, 0.25) is 0 Å². The van der Waals surface area contributed by atoms with Gasteiger partial charge < -0.3 is 5.32 Å². The van der Waals surface area contributed by atoms with Gasteiger partial charge in [0, 0.05) is 18.0 Å². The van der Waals surface area contributed by atoms with E-state index < -0.39 is 23.4 Å². The first kappa shape index (κ1) is 16.6. The molecule has 1 aromatic heterocycles. The molecule has 1 aromatic carbocycles. The standard InChI is InChI=1S/C18H18N4O3/c1-18(10-7-13-5-3-2-4-6-13)16(24)22(17(25)20-18)21-15(23)14-8-11-19-12-9-14/h2-6,8-9,11-12H,7,10H2,1H3,(H,20,25)(H,21,23). The van der Waals surface area contributed by atoms with Gasteiger partial charge in [0.2, 0.25) is 0 Å². The number of amides is 4. The summed E-state index contributed by atoms with van der Waals surface area (Å²) in [6.45, 7) is 1.66. The molecule has 25 heavy (non-hydrogen) atoms. The molecule has 4 amide bonds. The molecule has 1 unspecified atom stereocenters. The van der Waals surface area contributed by atoms with E-state index in [1.165, 1.54) is 24.5 Å². The largest absolute Gasteiger partial charge is 0.344 e. The number of rotatable bonds is 5. The third-order valence-corrected chi connectivity index (χ3v) is 4.17. The second kappa shape index (κ2) is 6.72. The Morgan fingerprint density at radius 2 is 1.84 bits per heavy atom. The Bertz CT molecular complexity index is 794. The first-order valence-electron chi connectivity index (χ1n) is 7.91. The highest BCUT2D eigenvalue weighted by molar-refractivity contribution is 6.09. The van der Waals surface area contributed by atoms with Crippen molar-refractivity contribution in [2.75, 3.05) is 0 Å². The van der Waals surface area contributed by atoms with Gasteiger partial charge in [0.25, 0.3) is 11.8 Å². The fraction of sp³-hybridized carbons (Fsp3) is 0.222. The molecule has 1 fully saturated rings. The van der Waals surface area contributed by atoms with Crippen molar-refractivity contribution < 1.29 is 14.4 Å². The van der Waals surface area contributed by atoms with Crippen LogP contribution >= 0.6 is 0 Å². The Kier molecular flexibility index (Phi) is 4.47. The van der Waals surface area contributed by atoms with E-state index in [1.54, 1.807) is 6.92 Å². The van der Waals surface area contributed by atoms with Gasteiger partial charge in [0.15, 0.2) is 0 Å². The number of aryl methyl sites for hydroxylation is 1. The molecule has 1 atom stereocenters. The van der Waals surface area contributed by atoms with Gasteiger partial charge >= 0.3 is 6.03 Å². The molecule has 0 bridgehead atoms. The number of urea groups is 1. The number of nitrogens with zero attached hydrogens (tertiary/aromatic N) is 2. The summed E-state index contributed by atoms with van der Waals surface area (Å²) in [6.07, 6.45) is 3.99. The van der Waals surface area contributed by atoms with Crippen molar-refractivity contribution in [2.45, 2.75) is 25.3 Å². The van der Waals surface area contributed by atoms with E-state index in [0.29, 0.717) is 18.4 Å². The second-order valence-electron chi connectivity index (χ2n) is 6.07. The third-order valence-electron chi connectivity index (χ3n) is 4.17. The summed E-state index contributed by atoms with van der Waals surface area (Å²) in [5.41, 5.74) is 2.68. The highest BCUT2D eigenvalue weighted by atomic mass is 16.2. The van der Waals surface area contributed by atoms with E-state index >= 15 is 0 Å². The van der Waals surface area contributed by atoms with Gasteiger partial charge in [-0.2, -0.15) is 5.01 Å². The zero-order valence-electron chi connectivity index (χ0n) is 13.7. The van der Waals surface area contributed by atoms with Gasteiger partial charge in [-0.3, -0.25) is 20.0 Å². The van der Waals surface area contributed by atoms with Crippen molar-refractivity contribution in [2.24, 2.45) is 0 Å². The molecule has 128 valence electrons. The summed E-state index contributed by atoms with van der Waals surface area (Å²) in [6, 6.07) is 12.1. The summed E-state index contributed by atoms with van der Waals surface area (Å²) in [5, 5.41) is 3.41. The van der Waals surface area contributed by atoms with Crippen LogP contribution in [0.1, 0.15) is 29.3 Å². The van der Waals surface area contributed by atoms with Gasteiger partial charge in [-0.1, -0.05) is 30.3 Å². The molecule has 0 radical (unpaired) electrons. The van der Waals surface area contributed by atoms with Crippen LogP contribution in [0.25, 0.3) is 0 Å². The fourth-order valence-electron chi connectivity index (χ4n) is 2.66. The number of benzene rings is 1. The van der Waals surface area contributed by atoms with Crippen LogP contribution in [0.4, 0.5) is 4.79 Å². The lowest BCUT2D eigenvalue weighted by molar-refractivity contribution is -0.132. The van der Waals surface area contributed by atoms with Crippen LogP contribution in [0.5, 0.6) is 0 Å². The average molecular weight is 338 g/mol. The topological polar surface area (TPSA) is 91.4 Å². The van der Waals surface area contributed by atoms with E-state index in [9.17, 15) is 14.4 Å². The molecule has 0 aliphatic carbocycles. The highest BCUT2D eigenvalue weighted by Crippen LogP contribution is 2.22. The minimum atomic E-state index is -1.06. The normalized spacial score (nSPS) is 19.6. The molecule has 7 heteroatoms. The van der Waals surface area contributed by atoms with Gasteiger partial charge in [0.1, 0.15) is 5.54 Å². The predicted molar refractivity (Wildman–Crippen MR) is 90.2 cm³/mol. The lowest BCUT2D eigenvalue weighted by Gasteiger charge is -2.21. The number of imide groups is 1. The molecular weight excluding hydrogens is 320 g/mol. The van der Waals surface area contributed by atoms with Crippen molar-refractivity contribution in [3.8, 4) is 0 Å². The summed E-state index contributed by atoms with van der Waals surface area (Å²) >= 11 is 0. The molecule has 1 aliphatic heterocycles. The average Bonchev–Trinajstić information content (AvgIpc) is 2.85. The Labute approximate surface area is 145 Å². The number of hydrazine groups is 1. The van der Waals surface area contributed by atoms with E-state index in [-0.39, 0.29) is 0 Å². The van der Waals surface area contributed by atoms with Crippen molar-refractivity contribution in [3.63, 3.8) is 0 Å². The van der Waals surface area contributed by atoms with E-state index in [0.717, 1.165) is 10.6 Å². The first-order chi connectivity index (χ1) is 12.0. The first-order valence-corrected chi connectivity index (χ1v) is 7.91. The molecule has 3 rings (SSSR count). The third kappa shape index (κ3) is 3.50. The minimum absolute atomic E-state index is 0.313. The van der Waals surface area contributed by atoms with Crippen molar-refractivity contribution in [1.29, 1.82) is 0 Å². The smallest absolute Gasteiger partial charge is 0.322 e. The predicted octanol–water partition coefficient (Wildman–Crippen LogP) is 1.67. The summed E-state index contributed by atoms with van der Waals surface area (Å²) < 4.78 is 0. The molecule has 2 N–H and O–H groups in total. The molecule has 2 heterocycles. The number of carbonyl (C=O) groups is 3. The second-order valence-corrected chi connectivity index (χ2v) is 6.07. The lowest BCUT2D eigenvalue weighted by atomic mass is 9.93. The number of pyridine rings is 1. The number of aromatic nitrogens is 1. The van der Waals surface area contributed by atoms with Crippen LogP contribution < -0.4 is 10.7 Å². The van der Waals surface area contributed by atoms with Crippen LogP contribution in [0.15, 0.2) is 54.9 Å². The van der Waals surface area contributed by atoms with Crippen LogP contribution in [0.3, 0.4) is 0 Å². The summed E-state index contributed by atoms with van der Waals surface area (Å²) in [4.78, 5) is 40.8. The van der Waals surface area contributed by atoms with Crippen molar-refractivity contribution in [3.05, 3.63) is 66.0 Å². The molecule has 1 aliphatic rings. The maximum Gasteiger partial charge on any atom is 0.344 e. The quantitative estimate of drug-likeness (QED) is 0.811. The summed E-state index contributed by atoms with van der Waals surface area (Å²) in [7, 11) is 0. The lowest BCUT2D eigenvalue weighted by Crippen LogP contribution is -2.48. The van der Waals surface area contributed by atoms with Crippen LogP contribution in [-0.2, 0) is 11.2 Å². The summed E-state index contributed by atoms with van der Waals surface area (Å²) in [5.74, 6) is -1.02. The van der Waals surface area contributed by atoms with Crippen LogP contribution in [-0.4, -0.2) is 33.4 Å². The monoisotopic (exact) mass is 338 g/mol. The fourth-order valence-corrected chi connectivity index (χ4v) is 2.66. The number of nitrogens with one attached hydrogen (secondary N) is 2. The minimum Gasteiger partial charge on any atom is -0.322 e.